The summed E-state index contributed by atoms with van der Waals surface area (Å²) >= 11 is 0. The first-order chi connectivity index (χ1) is 9.90. The average Bonchev–Trinajstić information content (AvgIpc) is 2.26. The molecule has 0 saturated carbocycles. The number of carbonyl (C=O) groups is 1. The summed E-state index contributed by atoms with van der Waals surface area (Å²) in [6.45, 7) is 15.4. The third kappa shape index (κ3) is 4.68. The molecule has 2 aliphatic heterocycles. The van der Waals surface area contributed by atoms with Crippen LogP contribution in [-0.2, 0) is 4.79 Å². The van der Waals surface area contributed by atoms with E-state index >= 15 is 0 Å². The standard InChI is InChI=1S/C17H33N3O/c1-14(2)9-16(21)20-12-17(13-20)10-19(11-17)8-6-5-7-18-15(3)4/h14-15,18H,5-13H2,1-4H3. The lowest BCUT2D eigenvalue weighted by molar-refractivity contribution is -0.159. The molecule has 2 fully saturated rings. The van der Waals surface area contributed by atoms with Crippen molar-refractivity contribution in [3.05, 3.63) is 0 Å². The van der Waals surface area contributed by atoms with Gasteiger partial charge in [0.25, 0.3) is 0 Å². The van der Waals surface area contributed by atoms with Crippen LogP contribution in [0.15, 0.2) is 0 Å². The summed E-state index contributed by atoms with van der Waals surface area (Å²) in [7, 11) is 0. The fraction of sp³-hybridized carbons (Fsp3) is 0.941. The molecule has 2 saturated heterocycles. The quantitative estimate of drug-likeness (QED) is 0.695. The molecule has 0 aromatic heterocycles. The Kier molecular flexibility index (Phi) is 5.67. The zero-order chi connectivity index (χ0) is 15.5. The Morgan fingerprint density at radius 3 is 2.33 bits per heavy atom. The second-order valence-corrected chi connectivity index (χ2v) is 7.87. The van der Waals surface area contributed by atoms with Gasteiger partial charge >= 0.3 is 0 Å². The van der Waals surface area contributed by atoms with Gasteiger partial charge in [-0.25, -0.2) is 0 Å². The zero-order valence-electron chi connectivity index (χ0n) is 14.3. The second-order valence-electron chi connectivity index (χ2n) is 7.87. The van der Waals surface area contributed by atoms with Crippen LogP contribution < -0.4 is 5.32 Å². The molecular formula is C17H33N3O. The number of nitrogens with one attached hydrogen (secondary N) is 1. The lowest BCUT2D eigenvalue weighted by Crippen LogP contribution is -2.72. The summed E-state index contributed by atoms with van der Waals surface area (Å²) in [6, 6.07) is 0.599. The van der Waals surface area contributed by atoms with Crippen LogP contribution in [0.4, 0.5) is 0 Å². The first kappa shape index (κ1) is 16.8. The Balaban J connectivity index is 1.52. The van der Waals surface area contributed by atoms with Crippen molar-refractivity contribution in [2.75, 3.05) is 39.3 Å². The predicted molar refractivity (Wildman–Crippen MR) is 87.3 cm³/mol. The largest absolute Gasteiger partial charge is 0.341 e. The first-order valence-corrected chi connectivity index (χ1v) is 8.64. The van der Waals surface area contributed by atoms with Crippen LogP contribution >= 0.6 is 0 Å². The molecule has 0 bridgehead atoms. The van der Waals surface area contributed by atoms with E-state index in [2.05, 4.69) is 42.8 Å². The Morgan fingerprint density at radius 1 is 1.10 bits per heavy atom. The van der Waals surface area contributed by atoms with Gasteiger partial charge in [-0.1, -0.05) is 27.7 Å². The Labute approximate surface area is 130 Å². The van der Waals surface area contributed by atoms with Crippen LogP contribution in [0.5, 0.6) is 0 Å². The van der Waals surface area contributed by atoms with Gasteiger partial charge in [0.05, 0.1) is 0 Å². The lowest BCUT2D eigenvalue weighted by atomic mass is 9.72. The van der Waals surface area contributed by atoms with Crippen LogP contribution in [0.3, 0.4) is 0 Å². The molecule has 0 aromatic rings. The molecule has 0 unspecified atom stereocenters. The molecule has 4 heteroatoms. The fourth-order valence-corrected chi connectivity index (χ4v) is 3.53. The second kappa shape index (κ2) is 7.10. The third-order valence-electron chi connectivity index (χ3n) is 4.56. The summed E-state index contributed by atoms with van der Waals surface area (Å²) in [5.41, 5.74) is 0.461. The van der Waals surface area contributed by atoms with E-state index in [1.807, 2.05) is 0 Å². The van der Waals surface area contributed by atoms with E-state index in [-0.39, 0.29) is 0 Å². The number of amides is 1. The number of carbonyl (C=O) groups excluding carboxylic acids is 1. The van der Waals surface area contributed by atoms with Gasteiger partial charge < -0.3 is 15.1 Å². The van der Waals surface area contributed by atoms with E-state index in [9.17, 15) is 4.79 Å². The molecule has 1 amide bonds. The summed E-state index contributed by atoms with van der Waals surface area (Å²) in [5, 5.41) is 3.46. The van der Waals surface area contributed by atoms with Crippen molar-refractivity contribution in [1.82, 2.24) is 15.1 Å². The maximum atomic E-state index is 11.9. The van der Waals surface area contributed by atoms with Gasteiger partial charge in [0.1, 0.15) is 0 Å². The number of nitrogens with zero attached hydrogens (tertiary/aromatic N) is 2. The Morgan fingerprint density at radius 2 is 1.76 bits per heavy atom. The molecule has 0 atom stereocenters. The summed E-state index contributed by atoms with van der Waals surface area (Å²) < 4.78 is 0. The van der Waals surface area contributed by atoms with Gasteiger partial charge in [-0.05, 0) is 31.8 Å². The smallest absolute Gasteiger partial charge is 0.222 e. The summed E-state index contributed by atoms with van der Waals surface area (Å²) in [5.74, 6) is 0.834. The zero-order valence-corrected chi connectivity index (χ0v) is 14.3. The number of hydrogen-bond acceptors (Lipinski definition) is 3. The van der Waals surface area contributed by atoms with Crippen LogP contribution in [0.1, 0.15) is 47.0 Å². The number of rotatable bonds is 8. The number of unbranched alkanes of at least 4 members (excludes halogenated alkanes) is 1. The van der Waals surface area contributed by atoms with Gasteiger partial charge in [0.15, 0.2) is 0 Å². The summed E-state index contributed by atoms with van der Waals surface area (Å²) in [4.78, 5) is 16.6. The topological polar surface area (TPSA) is 35.6 Å². The van der Waals surface area contributed by atoms with Crippen LogP contribution in [0.25, 0.3) is 0 Å². The van der Waals surface area contributed by atoms with E-state index in [1.165, 1.54) is 32.5 Å². The summed E-state index contributed by atoms with van der Waals surface area (Å²) in [6.07, 6.45) is 3.26. The first-order valence-electron chi connectivity index (χ1n) is 8.64. The fourth-order valence-electron chi connectivity index (χ4n) is 3.53. The predicted octanol–water partition coefficient (Wildman–Crippen LogP) is 1.95. The molecule has 4 nitrogen and oxygen atoms in total. The van der Waals surface area contributed by atoms with Crippen molar-refractivity contribution in [3.63, 3.8) is 0 Å². The van der Waals surface area contributed by atoms with Crippen molar-refractivity contribution < 1.29 is 4.79 Å². The van der Waals surface area contributed by atoms with Crippen molar-refractivity contribution in [2.24, 2.45) is 11.3 Å². The van der Waals surface area contributed by atoms with Crippen LogP contribution in [0, 0.1) is 11.3 Å². The molecule has 0 radical (unpaired) electrons. The SMILES string of the molecule is CC(C)CC(=O)N1CC2(CN(CCCCNC(C)C)C2)C1. The highest BCUT2D eigenvalue weighted by atomic mass is 16.2. The van der Waals surface area contributed by atoms with Gasteiger partial charge in [0.2, 0.25) is 5.91 Å². The minimum Gasteiger partial charge on any atom is -0.341 e. The molecule has 2 aliphatic rings. The Hall–Kier alpha value is -0.610. The molecule has 21 heavy (non-hydrogen) atoms. The minimum atomic E-state index is 0.355. The molecular weight excluding hydrogens is 262 g/mol. The van der Waals surface area contributed by atoms with E-state index in [0.29, 0.717) is 29.7 Å². The van der Waals surface area contributed by atoms with Crippen molar-refractivity contribution in [3.8, 4) is 0 Å². The van der Waals surface area contributed by atoms with Crippen molar-refractivity contribution in [1.29, 1.82) is 0 Å². The molecule has 2 rings (SSSR count). The van der Waals surface area contributed by atoms with E-state index in [1.54, 1.807) is 0 Å². The highest BCUT2D eigenvalue weighted by Gasteiger charge is 2.52. The monoisotopic (exact) mass is 295 g/mol. The molecule has 0 aliphatic carbocycles. The van der Waals surface area contributed by atoms with Crippen molar-refractivity contribution in [2.45, 2.75) is 53.0 Å². The number of likely N-dealkylation sites (tertiary alicyclic amines) is 2. The van der Waals surface area contributed by atoms with Gasteiger partial charge in [0, 0.05) is 44.1 Å². The maximum Gasteiger partial charge on any atom is 0.222 e. The van der Waals surface area contributed by atoms with E-state index in [0.717, 1.165) is 19.6 Å². The van der Waals surface area contributed by atoms with E-state index < -0.39 is 0 Å². The normalized spacial score (nSPS) is 21.0. The number of hydrogen-bond donors (Lipinski definition) is 1. The van der Waals surface area contributed by atoms with Gasteiger partial charge in [-0.2, -0.15) is 0 Å². The highest BCUT2D eigenvalue weighted by Crippen LogP contribution is 2.39. The molecule has 1 spiro atoms. The average molecular weight is 295 g/mol. The van der Waals surface area contributed by atoms with Gasteiger partial charge in [-0.15, -0.1) is 0 Å². The molecule has 0 aromatic carbocycles. The minimum absolute atomic E-state index is 0.355. The van der Waals surface area contributed by atoms with E-state index in [4.69, 9.17) is 0 Å². The maximum absolute atomic E-state index is 11.9. The van der Waals surface area contributed by atoms with Gasteiger partial charge in [-0.3, -0.25) is 4.79 Å². The molecule has 122 valence electrons. The van der Waals surface area contributed by atoms with Crippen LogP contribution in [0.2, 0.25) is 0 Å². The Bertz CT molecular complexity index is 340. The van der Waals surface area contributed by atoms with Crippen LogP contribution in [-0.4, -0.2) is 61.0 Å². The third-order valence-corrected chi connectivity index (χ3v) is 4.56. The lowest BCUT2D eigenvalue weighted by Gasteiger charge is -2.60. The highest BCUT2D eigenvalue weighted by molar-refractivity contribution is 5.77. The molecule has 2 heterocycles. The van der Waals surface area contributed by atoms with Crippen molar-refractivity contribution >= 4 is 5.91 Å². The molecule has 1 N–H and O–H groups in total.